The van der Waals surface area contributed by atoms with E-state index in [1.165, 1.54) is 10.1 Å². The minimum absolute atomic E-state index is 0. The molecule has 0 saturated carbocycles. The summed E-state index contributed by atoms with van der Waals surface area (Å²) in [6, 6.07) is 9.02. The van der Waals surface area contributed by atoms with Crippen molar-refractivity contribution in [2.45, 2.75) is 25.4 Å². The third-order valence-corrected chi connectivity index (χ3v) is 5.23. The summed E-state index contributed by atoms with van der Waals surface area (Å²) < 4.78 is 1.29. The van der Waals surface area contributed by atoms with Crippen molar-refractivity contribution in [3.05, 3.63) is 35.2 Å². The van der Waals surface area contributed by atoms with E-state index in [0.717, 1.165) is 31.5 Å². The minimum Gasteiger partial charge on any atom is -0.351 e. The Kier molecular flexibility index (Phi) is 9.02. The second-order valence-corrected chi connectivity index (χ2v) is 6.91. The number of likely N-dealkylation sites (N-methyl/N-ethyl adjacent to an activating group) is 1. The van der Waals surface area contributed by atoms with Crippen LogP contribution in [-0.2, 0) is 11.3 Å². The largest absolute Gasteiger partial charge is 0.351 e. The number of hydrogen-bond acceptors (Lipinski definition) is 4. The number of piperidine rings is 1. The predicted molar refractivity (Wildman–Crippen MR) is 107 cm³/mol. The lowest BCUT2D eigenvalue weighted by Gasteiger charge is -2.31. The molecule has 1 aliphatic heterocycles. The van der Waals surface area contributed by atoms with Crippen LogP contribution in [0.25, 0.3) is 10.1 Å². The van der Waals surface area contributed by atoms with Crippen LogP contribution in [-0.4, -0.2) is 43.5 Å². The van der Waals surface area contributed by atoms with E-state index in [9.17, 15) is 4.79 Å². The first kappa shape index (κ1) is 21.2. The highest BCUT2D eigenvalue weighted by Crippen LogP contribution is 2.21. The zero-order chi connectivity index (χ0) is 15.4. The number of amides is 1. The zero-order valence-electron chi connectivity index (χ0n) is 13.8. The smallest absolute Gasteiger partial charge is 0.234 e. The van der Waals surface area contributed by atoms with Gasteiger partial charge in [-0.15, -0.1) is 36.2 Å². The Labute approximate surface area is 159 Å². The first-order valence-corrected chi connectivity index (χ1v) is 8.74. The van der Waals surface area contributed by atoms with Crippen LogP contribution in [0.5, 0.6) is 0 Å². The lowest BCUT2D eigenvalue weighted by Crippen LogP contribution is -2.45. The molecule has 0 unspecified atom stereocenters. The average molecular weight is 390 g/mol. The van der Waals surface area contributed by atoms with Gasteiger partial charge in [0.25, 0.3) is 0 Å². The van der Waals surface area contributed by atoms with E-state index in [1.54, 1.807) is 11.3 Å². The molecule has 134 valence electrons. The van der Waals surface area contributed by atoms with E-state index < -0.39 is 0 Å². The first-order valence-electron chi connectivity index (χ1n) is 7.86. The molecule has 0 atom stereocenters. The molecule has 1 aliphatic rings. The van der Waals surface area contributed by atoms with E-state index in [2.05, 4.69) is 45.2 Å². The molecule has 4 nitrogen and oxygen atoms in total. The summed E-state index contributed by atoms with van der Waals surface area (Å²) in [5.41, 5.74) is 1.16. The van der Waals surface area contributed by atoms with Crippen LogP contribution < -0.4 is 10.6 Å². The minimum atomic E-state index is 0. The molecule has 0 radical (unpaired) electrons. The van der Waals surface area contributed by atoms with Gasteiger partial charge in [-0.25, -0.2) is 0 Å². The summed E-state index contributed by atoms with van der Waals surface area (Å²) in [7, 11) is 2.05. The zero-order valence-corrected chi connectivity index (χ0v) is 16.2. The highest BCUT2D eigenvalue weighted by Gasteiger charge is 2.19. The van der Waals surface area contributed by atoms with Crippen LogP contribution in [0.4, 0.5) is 0 Å². The first-order chi connectivity index (χ1) is 10.7. The van der Waals surface area contributed by atoms with Crippen molar-refractivity contribution in [1.82, 2.24) is 15.5 Å². The second-order valence-electron chi connectivity index (χ2n) is 5.97. The Morgan fingerprint density at radius 1 is 1.29 bits per heavy atom. The van der Waals surface area contributed by atoms with E-state index >= 15 is 0 Å². The molecule has 2 N–H and O–H groups in total. The molecule has 1 saturated heterocycles. The standard InChI is InChI=1S/C17H23N3OS.2ClH/c1-20(15-4-7-18-8-5-15)12-17(21)19-11-13-2-3-16-14(10-13)6-9-22-16;;/h2-3,6,9-10,15,18H,4-5,7-8,11-12H2,1H3,(H,19,21);2*1H. The van der Waals surface area contributed by atoms with Gasteiger partial charge in [-0.3, -0.25) is 9.69 Å². The number of carbonyl (C=O) groups is 1. The number of benzene rings is 1. The maximum Gasteiger partial charge on any atom is 0.234 e. The van der Waals surface area contributed by atoms with Gasteiger partial charge in [-0.1, -0.05) is 6.07 Å². The van der Waals surface area contributed by atoms with Crippen molar-refractivity contribution in [3.8, 4) is 0 Å². The van der Waals surface area contributed by atoms with Crippen molar-refractivity contribution in [3.63, 3.8) is 0 Å². The molecular formula is C17H25Cl2N3OS. The fourth-order valence-electron chi connectivity index (χ4n) is 2.99. The number of halogens is 2. The van der Waals surface area contributed by atoms with Gasteiger partial charge in [0.15, 0.2) is 0 Å². The Balaban J connectivity index is 0.00000144. The van der Waals surface area contributed by atoms with Crippen LogP contribution in [0.15, 0.2) is 29.6 Å². The Bertz CT molecular complexity index is 644. The topological polar surface area (TPSA) is 44.4 Å². The number of carbonyl (C=O) groups excluding carboxylic acids is 1. The van der Waals surface area contributed by atoms with Gasteiger partial charge in [0, 0.05) is 17.3 Å². The molecule has 24 heavy (non-hydrogen) atoms. The SMILES string of the molecule is CN(CC(=O)NCc1ccc2sccc2c1)C1CCNCC1.Cl.Cl. The number of fused-ring (bicyclic) bond motifs is 1. The number of thiophene rings is 1. The number of rotatable bonds is 5. The summed E-state index contributed by atoms with van der Waals surface area (Å²) >= 11 is 1.75. The van der Waals surface area contributed by atoms with E-state index in [-0.39, 0.29) is 30.7 Å². The van der Waals surface area contributed by atoms with Gasteiger partial charge < -0.3 is 10.6 Å². The molecule has 0 bridgehead atoms. The molecule has 2 heterocycles. The van der Waals surface area contributed by atoms with Crippen molar-refractivity contribution >= 4 is 52.1 Å². The van der Waals surface area contributed by atoms with Crippen LogP contribution in [0, 0.1) is 0 Å². The van der Waals surface area contributed by atoms with Gasteiger partial charge in [0.05, 0.1) is 6.54 Å². The van der Waals surface area contributed by atoms with Gasteiger partial charge in [0.1, 0.15) is 0 Å². The molecule has 2 aromatic rings. The molecule has 1 aromatic heterocycles. The maximum absolute atomic E-state index is 12.1. The molecule has 0 aliphatic carbocycles. The summed E-state index contributed by atoms with van der Waals surface area (Å²) in [6.45, 7) is 3.19. The quantitative estimate of drug-likeness (QED) is 0.825. The van der Waals surface area contributed by atoms with Crippen LogP contribution in [0.1, 0.15) is 18.4 Å². The highest BCUT2D eigenvalue weighted by atomic mass is 35.5. The second kappa shape index (κ2) is 10.2. The van der Waals surface area contributed by atoms with E-state index in [1.807, 2.05) is 7.05 Å². The molecule has 1 aromatic carbocycles. The number of nitrogens with one attached hydrogen (secondary N) is 2. The van der Waals surface area contributed by atoms with E-state index in [0.29, 0.717) is 19.1 Å². The molecule has 1 fully saturated rings. The van der Waals surface area contributed by atoms with E-state index in [4.69, 9.17) is 0 Å². The fraction of sp³-hybridized carbons (Fsp3) is 0.471. The lowest BCUT2D eigenvalue weighted by atomic mass is 10.1. The molecule has 3 rings (SSSR count). The average Bonchev–Trinajstić information content (AvgIpc) is 3.01. The number of hydrogen-bond donors (Lipinski definition) is 2. The van der Waals surface area contributed by atoms with Crippen LogP contribution in [0.3, 0.4) is 0 Å². The summed E-state index contributed by atoms with van der Waals surface area (Å²) in [6.07, 6.45) is 2.25. The normalized spacial score (nSPS) is 14.9. The van der Waals surface area contributed by atoms with Crippen molar-refractivity contribution in [1.29, 1.82) is 0 Å². The third-order valence-electron chi connectivity index (χ3n) is 4.33. The monoisotopic (exact) mass is 389 g/mol. The van der Waals surface area contributed by atoms with Crippen LogP contribution in [0.2, 0.25) is 0 Å². The van der Waals surface area contributed by atoms with Crippen molar-refractivity contribution in [2.75, 3.05) is 26.7 Å². The Morgan fingerprint density at radius 2 is 2.04 bits per heavy atom. The Morgan fingerprint density at radius 3 is 2.79 bits per heavy atom. The third kappa shape index (κ3) is 5.60. The molecule has 1 amide bonds. The highest BCUT2D eigenvalue weighted by molar-refractivity contribution is 7.17. The lowest BCUT2D eigenvalue weighted by molar-refractivity contribution is -0.122. The Hall–Kier alpha value is -0.850. The molecule has 7 heteroatoms. The summed E-state index contributed by atoms with van der Waals surface area (Å²) in [5, 5.41) is 9.74. The fourth-order valence-corrected chi connectivity index (χ4v) is 3.76. The van der Waals surface area contributed by atoms with Crippen molar-refractivity contribution < 1.29 is 4.79 Å². The van der Waals surface area contributed by atoms with Gasteiger partial charge in [0.2, 0.25) is 5.91 Å². The summed E-state index contributed by atoms with van der Waals surface area (Å²) in [4.78, 5) is 14.3. The van der Waals surface area contributed by atoms with Crippen molar-refractivity contribution in [2.24, 2.45) is 0 Å². The van der Waals surface area contributed by atoms with Gasteiger partial charge in [-0.05, 0) is 67.5 Å². The van der Waals surface area contributed by atoms with Gasteiger partial charge in [-0.2, -0.15) is 0 Å². The molecular weight excluding hydrogens is 365 g/mol. The maximum atomic E-state index is 12.1. The molecule has 0 spiro atoms. The van der Waals surface area contributed by atoms with Gasteiger partial charge >= 0.3 is 0 Å². The summed E-state index contributed by atoms with van der Waals surface area (Å²) in [5.74, 6) is 0.103. The predicted octanol–water partition coefficient (Wildman–Crippen LogP) is 3.04. The van der Waals surface area contributed by atoms with Crippen LogP contribution >= 0.6 is 36.2 Å². The number of nitrogens with zero attached hydrogens (tertiary/aromatic N) is 1.